The maximum absolute atomic E-state index is 12.6. The molecule has 0 spiro atoms. The third-order valence-corrected chi connectivity index (χ3v) is 6.18. The first-order chi connectivity index (χ1) is 14.8. The second-order valence-corrected chi connectivity index (χ2v) is 8.91. The third kappa shape index (κ3) is 6.16. The Bertz CT molecular complexity index is 1050. The van der Waals surface area contributed by atoms with E-state index in [4.69, 9.17) is 23.8 Å². The Morgan fingerprint density at radius 2 is 1.84 bits per heavy atom. The van der Waals surface area contributed by atoms with Crippen molar-refractivity contribution in [2.75, 3.05) is 6.54 Å². The Labute approximate surface area is 195 Å². The summed E-state index contributed by atoms with van der Waals surface area (Å²) in [6.07, 6.45) is 2.34. The van der Waals surface area contributed by atoms with Crippen LogP contribution in [0.25, 0.3) is 6.08 Å². The van der Waals surface area contributed by atoms with Crippen molar-refractivity contribution in [1.82, 2.24) is 15.8 Å². The van der Waals surface area contributed by atoms with Gasteiger partial charge in [-0.1, -0.05) is 77.5 Å². The van der Waals surface area contributed by atoms with Crippen molar-refractivity contribution in [3.8, 4) is 0 Å². The molecule has 31 heavy (non-hydrogen) atoms. The zero-order chi connectivity index (χ0) is 22.4. The lowest BCUT2D eigenvalue weighted by atomic mass is 10.1. The van der Waals surface area contributed by atoms with Crippen LogP contribution in [0.4, 0.5) is 0 Å². The number of carbonyl (C=O) groups is 3. The summed E-state index contributed by atoms with van der Waals surface area (Å²) in [5.74, 6) is -1.04. The van der Waals surface area contributed by atoms with Gasteiger partial charge < -0.3 is 0 Å². The Morgan fingerprint density at radius 1 is 1.13 bits per heavy atom. The number of benzene rings is 2. The summed E-state index contributed by atoms with van der Waals surface area (Å²) in [4.78, 5) is 38.8. The van der Waals surface area contributed by atoms with Crippen LogP contribution in [0.2, 0.25) is 5.02 Å². The van der Waals surface area contributed by atoms with Crippen molar-refractivity contribution in [2.24, 2.45) is 0 Å². The fourth-order valence-electron chi connectivity index (χ4n) is 2.81. The van der Waals surface area contributed by atoms with Gasteiger partial charge in [-0.15, -0.1) is 0 Å². The maximum atomic E-state index is 12.6. The minimum absolute atomic E-state index is 0.122. The first-order valence-corrected chi connectivity index (χ1v) is 11.1. The summed E-state index contributed by atoms with van der Waals surface area (Å²) in [6, 6.07) is 14.4. The van der Waals surface area contributed by atoms with Gasteiger partial charge in [0, 0.05) is 13.0 Å². The molecule has 1 fully saturated rings. The van der Waals surface area contributed by atoms with E-state index in [2.05, 4.69) is 10.9 Å². The number of nitrogens with zero attached hydrogens (tertiary/aromatic N) is 1. The first kappa shape index (κ1) is 23.0. The van der Waals surface area contributed by atoms with Crippen molar-refractivity contribution in [3.05, 3.63) is 75.1 Å². The normalized spacial score (nSPS) is 14.8. The Hall–Kier alpha value is -2.68. The van der Waals surface area contributed by atoms with Crippen LogP contribution < -0.4 is 10.9 Å². The van der Waals surface area contributed by atoms with Crippen molar-refractivity contribution >= 4 is 63.7 Å². The Morgan fingerprint density at radius 3 is 2.55 bits per heavy atom. The van der Waals surface area contributed by atoms with Gasteiger partial charge >= 0.3 is 0 Å². The summed E-state index contributed by atoms with van der Waals surface area (Å²) in [7, 11) is 0. The van der Waals surface area contributed by atoms with Gasteiger partial charge in [-0.3, -0.25) is 30.1 Å². The predicted octanol–water partition coefficient (Wildman–Crippen LogP) is 4.09. The van der Waals surface area contributed by atoms with Gasteiger partial charge in [-0.25, -0.2) is 0 Å². The van der Waals surface area contributed by atoms with E-state index in [0.29, 0.717) is 27.2 Å². The van der Waals surface area contributed by atoms with Crippen molar-refractivity contribution < 1.29 is 14.4 Å². The molecule has 0 saturated carbocycles. The van der Waals surface area contributed by atoms with E-state index in [1.807, 2.05) is 37.3 Å². The van der Waals surface area contributed by atoms with Crippen LogP contribution in [0.5, 0.6) is 0 Å². The summed E-state index contributed by atoms with van der Waals surface area (Å²) in [5, 5.41) is 0.294. The van der Waals surface area contributed by atoms with E-state index in [-0.39, 0.29) is 23.8 Å². The molecule has 3 rings (SSSR count). The number of hydrazine groups is 1. The lowest BCUT2D eigenvalue weighted by molar-refractivity contribution is -0.124. The van der Waals surface area contributed by atoms with Gasteiger partial charge in [0.15, 0.2) is 0 Å². The molecule has 160 valence electrons. The molecular weight excluding hydrogens is 454 g/mol. The lowest BCUT2D eigenvalue weighted by Crippen LogP contribution is -2.42. The summed E-state index contributed by atoms with van der Waals surface area (Å²) >= 11 is 12.5. The largest absolute Gasteiger partial charge is 0.293 e. The molecule has 2 N–H and O–H groups in total. The molecular formula is C22H20ClN3O3S2. The molecule has 1 aliphatic rings. The van der Waals surface area contributed by atoms with Crippen LogP contribution in [0.3, 0.4) is 0 Å². The van der Waals surface area contributed by atoms with Crippen LogP contribution in [-0.2, 0) is 9.59 Å². The Balaban J connectivity index is 1.46. The highest BCUT2D eigenvalue weighted by Gasteiger charge is 2.31. The molecule has 6 nitrogen and oxygen atoms in total. The van der Waals surface area contributed by atoms with Gasteiger partial charge in [-0.2, -0.15) is 0 Å². The quantitative estimate of drug-likeness (QED) is 0.375. The third-order valence-electron chi connectivity index (χ3n) is 4.47. The average Bonchev–Trinajstić information content (AvgIpc) is 3.01. The number of hydrogen-bond acceptors (Lipinski definition) is 5. The van der Waals surface area contributed by atoms with Gasteiger partial charge in [-0.05, 0) is 37.1 Å². The SMILES string of the molecule is Cc1ccc(/C=C2/SC(=S)N(CCCC(=O)NNC(=O)c3ccccc3Cl)C2=O)cc1. The minimum Gasteiger partial charge on any atom is -0.293 e. The zero-order valence-corrected chi connectivity index (χ0v) is 19.1. The highest BCUT2D eigenvalue weighted by molar-refractivity contribution is 8.26. The maximum Gasteiger partial charge on any atom is 0.271 e. The summed E-state index contributed by atoms with van der Waals surface area (Å²) < 4.78 is 0.468. The molecule has 0 unspecified atom stereocenters. The summed E-state index contributed by atoms with van der Waals surface area (Å²) in [6.45, 7) is 2.32. The molecule has 0 radical (unpaired) electrons. The lowest BCUT2D eigenvalue weighted by Gasteiger charge is -2.14. The number of nitrogens with one attached hydrogen (secondary N) is 2. The van der Waals surface area contributed by atoms with Crippen LogP contribution in [-0.4, -0.2) is 33.5 Å². The molecule has 0 atom stereocenters. The molecule has 9 heteroatoms. The second-order valence-electron chi connectivity index (χ2n) is 6.83. The molecule has 1 saturated heterocycles. The highest BCUT2D eigenvalue weighted by atomic mass is 35.5. The molecule has 0 aromatic heterocycles. The van der Waals surface area contributed by atoms with E-state index in [9.17, 15) is 14.4 Å². The van der Waals surface area contributed by atoms with Gasteiger partial charge in [0.05, 0.1) is 15.5 Å². The van der Waals surface area contributed by atoms with E-state index in [0.717, 1.165) is 11.1 Å². The molecule has 3 amide bonds. The van der Waals surface area contributed by atoms with Gasteiger partial charge in [0.25, 0.3) is 11.8 Å². The Kier molecular flexibility index (Phi) is 7.84. The first-order valence-electron chi connectivity index (χ1n) is 9.51. The molecule has 1 aliphatic heterocycles. The van der Waals surface area contributed by atoms with Crippen LogP contribution in [0.1, 0.15) is 34.3 Å². The predicted molar refractivity (Wildman–Crippen MR) is 127 cm³/mol. The van der Waals surface area contributed by atoms with Crippen molar-refractivity contribution in [3.63, 3.8) is 0 Å². The van der Waals surface area contributed by atoms with E-state index < -0.39 is 5.91 Å². The number of aryl methyl sites for hydroxylation is 1. The van der Waals surface area contributed by atoms with E-state index in [1.54, 1.807) is 24.3 Å². The summed E-state index contributed by atoms with van der Waals surface area (Å²) in [5.41, 5.74) is 7.02. The minimum atomic E-state index is -0.503. The second kappa shape index (κ2) is 10.6. The number of rotatable bonds is 6. The standard InChI is InChI=1S/C22H20ClN3O3S2/c1-14-8-10-15(11-9-14)13-18-21(29)26(22(30)31-18)12-4-7-19(27)24-25-20(28)16-5-2-3-6-17(16)23/h2-3,5-6,8-11,13H,4,7,12H2,1H3,(H,24,27)(H,25,28)/b18-13+. The fourth-order valence-corrected chi connectivity index (χ4v) is 4.34. The monoisotopic (exact) mass is 473 g/mol. The molecule has 0 aliphatic carbocycles. The molecule has 1 heterocycles. The number of halogens is 1. The number of thioether (sulfide) groups is 1. The fraction of sp³-hybridized carbons (Fsp3) is 0.182. The van der Waals surface area contributed by atoms with Crippen molar-refractivity contribution in [2.45, 2.75) is 19.8 Å². The number of carbonyl (C=O) groups excluding carboxylic acids is 3. The number of hydrogen-bond donors (Lipinski definition) is 2. The molecule has 0 bridgehead atoms. The number of thiocarbonyl (C=S) groups is 1. The van der Waals surface area contributed by atoms with Gasteiger partial charge in [0.2, 0.25) is 5.91 Å². The van der Waals surface area contributed by atoms with Crippen LogP contribution in [0, 0.1) is 6.92 Å². The molecule has 2 aromatic carbocycles. The van der Waals surface area contributed by atoms with Crippen LogP contribution in [0.15, 0.2) is 53.4 Å². The highest BCUT2D eigenvalue weighted by Crippen LogP contribution is 2.32. The van der Waals surface area contributed by atoms with Crippen LogP contribution >= 0.6 is 35.6 Å². The molecule has 2 aromatic rings. The number of amides is 3. The zero-order valence-electron chi connectivity index (χ0n) is 16.7. The van der Waals surface area contributed by atoms with E-state index in [1.165, 1.54) is 16.7 Å². The van der Waals surface area contributed by atoms with Gasteiger partial charge in [0.1, 0.15) is 4.32 Å². The van der Waals surface area contributed by atoms with Crippen molar-refractivity contribution in [1.29, 1.82) is 0 Å². The van der Waals surface area contributed by atoms with E-state index >= 15 is 0 Å². The smallest absolute Gasteiger partial charge is 0.271 e. The average molecular weight is 474 g/mol. The topological polar surface area (TPSA) is 78.5 Å².